The van der Waals surface area contributed by atoms with Crippen LogP contribution in [0, 0.1) is 0 Å². The van der Waals surface area contributed by atoms with Gasteiger partial charge in [0.2, 0.25) is 0 Å². The first-order valence-electron chi connectivity index (χ1n) is 8.54. The summed E-state index contributed by atoms with van der Waals surface area (Å²) in [6.07, 6.45) is 8.24. The zero-order valence-corrected chi connectivity index (χ0v) is 16.6. The Morgan fingerprint density at radius 3 is 1.75 bits per heavy atom. The van der Waals surface area contributed by atoms with Crippen molar-refractivity contribution in [1.82, 2.24) is 0 Å². The third-order valence-electron chi connectivity index (χ3n) is 4.53. The van der Waals surface area contributed by atoms with Crippen LogP contribution in [0.2, 0.25) is 13.3 Å². The molecule has 0 unspecified atom stereocenters. The number of hydrogen-bond acceptors (Lipinski definition) is 1. The zero-order valence-electron chi connectivity index (χ0n) is 13.8. The molecule has 0 aliphatic carbocycles. The van der Waals surface area contributed by atoms with Crippen LogP contribution in [0.5, 0.6) is 0 Å². The standard InChI is InChI=1S/C6H6N.3C4H9.Sn/c7-6-4-2-1-3-5-6;3*1-3-4-2;/h1-2,4-5H,7H2;3*1,3-4H2,2H3;. The maximum absolute atomic E-state index is 6.07. The number of nitrogen functional groups attached to an aromatic ring is 1. The fraction of sp³-hybridized carbons (Fsp3) is 0.667. The molecule has 20 heavy (non-hydrogen) atoms. The summed E-state index contributed by atoms with van der Waals surface area (Å²) in [6, 6.07) is 8.93. The van der Waals surface area contributed by atoms with E-state index in [1.165, 1.54) is 51.8 Å². The molecule has 1 aromatic carbocycles. The Morgan fingerprint density at radius 1 is 0.850 bits per heavy atom. The summed E-state index contributed by atoms with van der Waals surface area (Å²) in [6.45, 7) is 6.99. The topological polar surface area (TPSA) is 26.0 Å². The van der Waals surface area contributed by atoms with Crippen LogP contribution in [-0.2, 0) is 0 Å². The summed E-state index contributed by atoms with van der Waals surface area (Å²) in [5.41, 5.74) is 7.04. The molecule has 0 amide bonds. The fourth-order valence-electron chi connectivity index (χ4n) is 3.22. The Kier molecular flexibility index (Phi) is 8.67. The van der Waals surface area contributed by atoms with Crippen LogP contribution in [0.25, 0.3) is 0 Å². The summed E-state index contributed by atoms with van der Waals surface area (Å²) in [4.78, 5) is 0. The Balaban J connectivity index is 3.04. The van der Waals surface area contributed by atoms with Gasteiger partial charge in [-0.2, -0.15) is 0 Å². The molecule has 1 rings (SSSR count). The van der Waals surface area contributed by atoms with Crippen molar-refractivity contribution in [2.24, 2.45) is 0 Å². The minimum atomic E-state index is -2.22. The second-order valence-corrected chi connectivity index (χ2v) is 19.5. The van der Waals surface area contributed by atoms with Crippen LogP contribution in [0.3, 0.4) is 0 Å². The van der Waals surface area contributed by atoms with Crippen LogP contribution < -0.4 is 9.31 Å². The zero-order chi connectivity index (χ0) is 14.8. The predicted molar refractivity (Wildman–Crippen MR) is 95.4 cm³/mol. The van der Waals surface area contributed by atoms with Crippen LogP contribution in [-0.4, -0.2) is 18.4 Å². The molecule has 1 aromatic rings. The molecule has 0 saturated heterocycles. The van der Waals surface area contributed by atoms with Gasteiger partial charge in [0.05, 0.1) is 0 Å². The molecule has 0 bridgehead atoms. The Bertz CT molecular complexity index is 354. The molecule has 0 aliphatic rings. The van der Waals surface area contributed by atoms with Crippen molar-refractivity contribution in [3.8, 4) is 0 Å². The van der Waals surface area contributed by atoms with Gasteiger partial charge in [0.15, 0.2) is 0 Å². The first-order chi connectivity index (χ1) is 9.68. The molecule has 1 nitrogen and oxygen atoms in total. The normalized spacial score (nSPS) is 11.8. The molecule has 0 atom stereocenters. The number of benzene rings is 1. The summed E-state index contributed by atoms with van der Waals surface area (Å²) in [5, 5.41) is 0. The van der Waals surface area contributed by atoms with E-state index in [4.69, 9.17) is 5.73 Å². The van der Waals surface area contributed by atoms with Crippen molar-refractivity contribution in [3.05, 3.63) is 24.3 Å². The summed E-state index contributed by atoms with van der Waals surface area (Å²) in [7, 11) is 0. The molecule has 0 aromatic heterocycles. The molecule has 0 fully saturated rings. The van der Waals surface area contributed by atoms with Gasteiger partial charge in [-0.1, -0.05) is 0 Å². The number of unbranched alkanes of at least 4 members (excludes halogenated alkanes) is 3. The fourth-order valence-corrected chi connectivity index (χ4v) is 19.3. The summed E-state index contributed by atoms with van der Waals surface area (Å²) >= 11 is -2.22. The van der Waals surface area contributed by atoms with Gasteiger partial charge in [0.25, 0.3) is 0 Å². The predicted octanol–water partition coefficient (Wildman–Crippen LogP) is 5.32. The Hall–Kier alpha value is -0.181. The average molecular weight is 382 g/mol. The van der Waals surface area contributed by atoms with E-state index < -0.39 is 18.4 Å². The van der Waals surface area contributed by atoms with Crippen LogP contribution >= 0.6 is 0 Å². The van der Waals surface area contributed by atoms with Gasteiger partial charge in [-0.25, -0.2) is 0 Å². The van der Waals surface area contributed by atoms with Gasteiger partial charge < -0.3 is 0 Å². The van der Waals surface area contributed by atoms with Crippen molar-refractivity contribution in [2.45, 2.75) is 72.6 Å². The van der Waals surface area contributed by atoms with E-state index in [2.05, 4.69) is 39.0 Å². The first-order valence-corrected chi connectivity index (χ1v) is 16.0. The van der Waals surface area contributed by atoms with Gasteiger partial charge in [0.1, 0.15) is 0 Å². The molecule has 0 aliphatic heterocycles. The molecule has 0 heterocycles. The second kappa shape index (κ2) is 9.70. The van der Waals surface area contributed by atoms with E-state index in [1.807, 2.05) is 6.07 Å². The number of rotatable bonds is 10. The van der Waals surface area contributed by atoms with E-state index in [0.29, 0.717) is 0 Å². The molecule has 2 heteroatoms. The molecule has 114 valence electrons. The number of nitrogens with two attached hydrogens (primary N) is 1. The second-order valence-electron chi connectivity index (χ2n) is 6.22. The van der Waals surface area contributed by atoms with Gasteiger partial charge in [-0.3, -0.25) is 0 Å². The van der Waals surface area contributed by atoms with Gasteiger partial charge in [0, 0.05) is 0 Å². The van der Waals surface area contributed by atoms with Crippen molar-refractivity contribution >= 4 is 27.6 Å². The van der Waals surface area contributed by atoms with Crippen LogP contribution in [0.1, 0.15) is 59.3 Å². The van der Waals surface area contributed by atoms with E-state index in [-0.39, 0.29) is 0 Å². The quantitative estimate of drug-likeness (QED) is 0.430. The van der Waals surface area contributed by atoms with Gasteiger partial charge >= 0.3 is 130 Å². The van der Waals surface area contributed by atoms with Gasteiger partial charge in [-0.05, 0) is 0 Å². The van der Waals surface area contributed by atoms with Gasteiger partial charge in [-0.15, -0.1) is 0 Å². The third kappa shape index (κ3) is 5.31. The molecular weight excluding hydrogens is 349 g/mol. The number of anilines is 1. The van der Waals surface area contributed by atoms with E-state index in [1.54, 1.807) is 3.58 Å². The van der Waals surface area contributed by atoms with Crippen molar-refractivity contribution in [2.75, 3.05) is 5.73 Å². The van der Waals surface area contributed by atoms with E-state index in [9.17, 15) is 0 Å². The summed E-state index contributed by atoms with van der Waals surface area (Å²) < 4.78 is 6.26. The molecule has 2 N–H and O–H groups in total. The SMILES string of the molecule is CCC[CH2][Sn]([CH2]CCC)([CH2]CCC)[c]1cccc(N)c1. The Morgan fingerprint density at radius 2 is 1.35 bits per heavy atom. The van der Waals surface area contributed by atoms with Crippen molar-refractivity contribution in [3.63, 3.8) is 0 Å². The minimum absolute atomic E-state index is 0.966. The first kappa shape index (κ1) is 17.9. The maximum atomic E-state index is 6.07. The van der Waals surface area contributed by atoms with Crippen LogP contribution in [0.4, 0.5) is 5.69 Å². The average Bonchev–Trinajstić information content (AvgIpc) is 2.47. The number of hydrogen-bond donors (Lipinski definition) is 1. The van der Waals surface area contributed by atoms with Crippen molar-refractivity contribution < 1.29 is 0 Å². The van der Waals surface area contributed by atoms with E-state index in [0.717, 1.165) is 5.69 Å². The van der Waals surface area contributed by atoms with Crippen molar-refractivity contribution in [1.29, 1.82) is 0 Å². The molecular formula is C18H33NSn. The third-order valence-corrected chi connectivity index (χ3v) is 20.1. The molecule has 0 spiro atoms. The van der Waals surface area contributed by atoms with Crippen LogP contribution in [0.15, 0.2) is 24.3 Å². The Labute approximate surface area is 130 Å². The molecule has 0 radical (unpaired) electrons. The summed E-state index contributed by atoms with van der Waals surface area (Å²) in [5.74, 6) is 0. The van der Waals surface area contributed by atoms with E-state index >= 15 is 0 Å². The molecule has 0 saturated carbocycles. The monoisotopic (exact) mass is 383 g/mol.